The van der Waals surface area contributed by atoms with Crippen molar-refractivity contribution in [2.45, 2.75) is 46.1 Å². The molecule has 1 heterocycles. The summed E-state index contributed by atoms with van der Waals surface area (Å²) in [6.07, 6.45) is 3.09. The van der Waals surface area contributed by atoms with E-state index in [1.54, 1.807) is 4.57 Å². The molecule has 0 saturated carbocycles. The topological polar surface area (TPSA) is 41.6 Å². The number of aromatic nitrogens is 2. The van der Waals surface area contributed by atoms with E-state index in [2.05, 4.69) is 18.0 Å². The van der Waals surface area contributed by atoms with Gasteiger partial charge in [0.25, 0.3) is 0 Å². The largest absolute Gasteiger partial charge is 0.303 e. The molecule has 0 fully saturated rings. The molecule has 0 spiro atoms. The highest BCUT2D eigenvalue weighted by Crippen LogP contribution is 2.23. The minimum atomic E-state index is -0.250. The van der Waals surface area contributed by atoms with Gasteiger partial charge in [-0.05, 0) is 26.7 Å². The molecule has 1 unspecified atom stereocenters. The van der Waals surface area contributed by atoms with Crippen LogP contribution in [0.4, 0.5) is 0 Å². The second-order valence-corrected chi connectivity index (χ2v) is 4.03. The van der Waals surface area contributed by atoms with E-state index >= 15 is 0 Å². The first-order chi connectivity index (χ1) is 7.11. The number of rotatable bonds is 4. The molecule has 1 aromatic rings. The standard InChI is InChI=1S/C11H16ClN3/c1-4-5-6-10-11(12)15(8(2)7-13)9(3)14-10/h8H,4-6H2,1-3H3. The number of nitriles is 1. The molecule has 0 aliphatic carbocycles. The Hall–Kier alpha value is -1.01. The summed E-state index contributed by atoms with van der Waals surface area (Å²) in [7, 11) is 0. The van der Waals surface area contributed by atoms with Crippen LogP contribution < -0.4 is 0 Å². The molecule has 4 heteroatoms. The number of hydrogen-bond acceptors (Lipinski definition) is 2. The Morgan fingerprint density at radius 1 is 1.60 bits per heavy atom. The van der Waals surface area contributed by atoms with E-state index in [0.29, 0.717) is 5.15 Å². The van der Waals surface area contributed by atoms with Crippen molar-refractivity contribution in [3.63, 3.8) is 0 Å². The van der Waals surface area contributed by atoms with Gasteiger partial charge in [-0.25, -0.2) is 4.98 Å². The molecule has 0 amide bonds. The Bertz CT molecular complexity index is 376. The van der Waals surface area contributed by atoms with Gasteiger partial charge in [-0.15, -0.1) is 0 Å². The summed E-state index contributed by atoms with van der Waals surface area (Å²) in [5.74, 6) is 0.820. The lowest BCUT2D eigenvalue weighted by Crippen LogP contribution is -2.04. The molecule has 0 aliphatic rings. The quantitative estimate of drug-likeness (QED) is 0.789. The minimum absolute atomic E-state index is 0.250. The number of imidazole rings is 1. The maximum Gasteiger partial charge on any atom is 0.133 e. The summed E-state index contributed by atoms with van der Waals surface area (Å²) in [5, 5.41) is 9.49. The van der Waals surface area contributed by atoms with Gasteiger partial charge >= 0.3 is 0 Å². The first kappa shape index (κ1) is 12.1. The molecule has 15 heavy (non-hydrogen) atoms. The number of hydrogen-bond donors (Lipinski definition) is 0. The van der Waals surface area contributed by atoms with Crippen LogP contribution >= 0.6 is 11.6 Å². The zero-order valence-corrected chi connectivity index (χ0v) is 10.2. The van der Waals surface area contributed by atoms with Crippen molar-refractivity contribution in [1.29, 1.82) is 5.26 Å². The van der Waals surface area contributed by atoms with E-state index in [-0.39, 0.29) is 6.04 Å². The van der Waals surface area contributed by atoms with Gasteiger partial charge in [-0.3, -0.25) is 0 Å². The van der Waals surface area contributed by atoms with E-state index in [1.807, 2.05) is 13.8 Å². The Labute approximate surface area is 95.7 Å². The van der Waals surface area contributed by atoms with Crippen LogP contribution in [0.15, 0.2) is 0 Å². The highest BCUT2D eigenvalue weighted by atomic mass is 35.5. The average Bonchev–Trinajstić information content (AvgIpc) is 2.50. The van der Waals surface area contributed by atoms with Crippen molar-refractivity contribution < 1.29 is 0 Å². The van der Waals surface area contributed by atoms with Crippen molar-refractivity contribution in [2.75, 3.05) is 0 Å². The zero-order valence-electron chi connectivity index (χ0n) is 9.42. The lowest BCUT2D eigenvalue weighted by atomic mass is 10.2. The summed E-state index contributed by atoms with van der Waals surface area (Å²) in [4.78, 5) is 4.40. The zero-order chi connectivity index (χ0) is 11.4. The molecule has 82 valence electrons. The van der Waals surface area contributed by atoms with Crippen LogP contribution in [-0.4, -0.2) is 9.55 Å². The molecule has 0 bridgehead atoms. The number of aryl methyl sites for hydroxylation is 2. The van der Waals surface area contributed by atoms with Crippen LogP contribution in [0.5, 0.6) is 0 Å². The monoisotopic (exact) mass is 225 g/mol. The smallest absolute Gasteiger partial charge is 0.133 e. The molecular weight excluding hydrogens is 210 g/mol. The summed E-state index contributed by atoms with van der Waals surface area (Å²) in [6.45, 7) is 5.84. The fraction of sp³-hybridized carbons (Fsp3) is 0.636. The minimum Gasteiger partial charge on any atom is -0.303 e. The van der Waals surface area contributed by atoms with E-state index < -0.39 is 0 Å². The number of nitrogens with zero attached hydrogens (tertiary/aromatic N) is 3. The van der Waals surface area contributed by atoms with Gasteiger partial charge < -0.3 is 4.57 Å². The number of unbranched alkanes of at least 4 members (excludes halogenated alkanes) is 1. The van der Waals surface area contributed by atoms with Crippen molar-refractivity contribution >= 4 is 11.6 Å². The summed E-state index contributed by atoms with van der Waals surface area (Å²) in [6, 6.07) is 1.92. The van der Waals surface area contributed by atoms with Gasteiger partial charge in [0, 0.05) is 0 Å². The van der Waals surface area contributed by atoms with Gasteiger partial charge in [-0.2, -0.15) is 5.26 Å². The summed E-state index contributed by atoms with van der Waals surface area (Å²) in [5.41, 5.74) is 0.915. The molecule has 0 N–H and O–H groups in total. The second-order valence-electron chi connectivity index (χ2n) is 3.68. The summed E-state index contributed by atoms with van der Waals surface area (Å²) >= 11 is 6.19. The SMILES string of the molecule is CCCCc1nc(C)n(C(C)C#N)c1Cl. The van der Waals surface area contributed by atoms with Crippen LogP contribution in [0, 0.1) is 18.3 Å². The van der Waals surface area contributed by atoms with Crippen LogP contribution in [0.2, 0.25) is 5.15 Å². The van der Waals surface area contributed by atoms with E-state index in [4.69, 9.17) is 16.9 Å². The Balaban J connectivity index is 2.99. The molecule has 0 aromatic carbocycles. The molecule has 1 aromatic heterocycles. The molecular formula is C11H16ClN3. The average molecular weight is 226 g/mol. The molecule has 0 radical (unpaired) electrons. The van der Waals surface area contributed by atoms with Crippen LogP contribution in [0.3, 0.4) is 0 Å². The molecule has 1 rings (SSSR count). The second kappa shape index (κ2) is 5.18. The Kier molecular flexibility index (Phi) is 4.16. The lowest BCUT2D eigenvalue weighted by molar-refractivity contribution is 0.650. The maximum absolute atomic E-state index is 8.87. The highest BCUT2D eigenvalue weighted by Gasteiger charge is 2.16. The van der Waals surface area contributed by atoms with Crippen LogP contribution in [0.25, 0.3) is 0 Å². The van der Waals surface area contributed by atoms with E-state index in [9.17, 15) is 0 Å². The van der Waals surface area contributed by atoms with Crippen molar-refractivity contribution in [3.8, 4) is 6.07 Å². The highest BCUT2D eigenvalue weighted by molar-refractivity contribution is 6.30. The first-order valence-electron chi connectivity index (χ1n) is 5.24. The van der Waals surface area contributed by atoms with Gasteiger partial charge in [-0.1, -0.05) is 24.9 Å². The number of halogens is 1. The van der Waals surface area contributed by atoms with Crippen molar-refractivity contribution in [1.82, 2.24) is 9.55 Å². The summed E-state index contributed by atoms with van der Waals surface area (Å²) < 4.78 is 1.78. The molecule has 0 saturated heterocycles. The first-order valence-corrected chi connectivity index (χ1v) is 5.62. The molecule has 1 atom stereocenters. The fourth-order valence-corrected chi connectivity index (χ4v) is 1.99. The van der Waals surface area contributed by atoms with E-state index in [1.165, 1.54) is 0 Å². The third-order valence-corrected chi connectivity index (χ3v) is 2.84. The van der Waals surface area contributed by atoms with Crippen molar-refractivity contribution in [3.05, 3.63) is 16.7 Å². The van der Waals surface area contributed by atoms with E-state index in [0.717, 1.165) is 30.8 Å². The molecule has 3 nitrogen and oxygen atoms in total. The predicted molar refractivity (Wildman–Crippen MR) is 60.9 cm³/mol. The lowest BCUT2D eigenvalue weighted by Gasteiger charge is -2.07. The Morgan fingerprint density at radius 3 is 2.80 bits per heavy atom. The van der Waals surface area contributed by atoms with Crippen LogP contribution in [0.1, 0.15) is 44.2 Å². The normalized spacial score (nSPS) is 12.5. The maximum atomic E-state index is 8.87. The van der Waals surface area contributed by atoms with Crippen molar-refractivity contribution in [2.24, 2.45) is 0 Å². The predicted octanol–water partition coefficient (Wildman–Crippen LogP) is 3.27. The van der Waals surface area contributed by atoms with Gasteiger partial charge in [0.15, 0.2) is 0 Å². The van der Waals surface area contributed by atoms with Gasteiger partial charge in [0.05, 0.1) is 11.8 Å². The van der Waals surface area contributed by atoms with Gasteiger partial charge in [0.1, 0.15) is 17.0 Å². The third-order valence-electron chi connectivity index (χ3n) is 2.44. The molecule has 0 aliphatic heterocycles. The third kappa shape index (κ3) is 2.51. The van der Waals surface area contributed by atoms with Gasteiger partial charge in [0.2, 0.25) is 0 Å². The fourth-order valence-electron chi connectivity index (χ4n) is 1.59. The van der Waals surface area contributed by atoms with Crippen LogP contribution in [-0.2, 0) is 6.42 Å². The Morgan fingerprint density at radius 2 is 2.27 bits per heavy atom.